The summed E-state index contributed by atoms with van der Waals surface area (Å²) in [6.45, 7) is 2.89. The summed E-state index contributed by atoms with van der Waals surface area (Å²) in [7, 11) is 0. The van der Waals surface area contributed by atoms with Crippen LogP contribution in [0.5, 0.6) is 0 Å². The average molecular weight is 278 g/mol. The third-order valence-electron chi connectivity index (χ3n) is 3.19. The van der Waals surface area contributed by atoms with E-state index in [1.54, 1.807) is 29.2 Å². The summed E-state index contributed by atoms with van der Waals surface area (Å²) < 4.78 is 6.42. The van der Waals surface area contributed by atoms with Crippen molar-refractivity contribution < 1.29 is 14.3 Å². The standard InChI is InChI=1S/C14H18N2O4/c1-2-15(8-5-9-17)13(18)10-16-11-6-3-4-7-12(11)20-14(16)19/h3-4,6-7,17H,2,5,8-10H2,1H3. The summed E-state index contributed by atoms with van der Waals surface area (Å²) in [5.74, 6) is -0.688. The minimum absolute atomic E-state index is 0.0400. The lowest BCUT2D eigenvalue weighted by Gasteiger charge is -2.20. The van der Waals surface area contributed by atoms with E-state index in [2.05, 4.69) is 0 Å². The summed E-state index contributed by atoms with van der Waals surface area (Å²) in [5.41, 5.74) is 1.09. The molecule has 6 nitrogen and oxygen atoms in total. The van der Waals surface area contributed by atoms with Crippen LogP contribution in [0.25, 0.3) is 11.1 Å². The van der Waals surface area contributed by atoms with Gasteiger partial charge in [0, 0.05) is 19.7 Å². The fourth-order valence-corrected chi connectivity index (χ4v) is 2.12. The highest BCUT2D eigenvalue weighted by Gasteiger charge is 2.16. The van der Waals surface area contributed by atoms with Crippen molar-refractivity contribution in [2.75, 3.05) is 19.7 Å². The van der Waals surface area contributed by atoms with Crippen molar-refractivity contribution in [3.8, 4) is 0 Å². The van der Waals surface area contributed by atoms with Gasteiger partial charge >= 0.3 is 5.76 Å². The van der Waals surface area contributed by atoms with Gasteiger partial charge in [-0.25, -0.2) is 4.79 Å². The van der Waals surface area contributed by atoms with Gasteiger partial charge in [-0.3, -0.25) is 9.36 Å². The number of carbonyl (C=O) groups excluding carboxylic acids is 1. The van der Waals surface area contributed by atoms with Gasteiger partial charge in [-0.05, 0) is 25.5 Å². The molecule has 0 saturated heterocycles. The first-order chi connectivity index (χ1) is 9.67. The van der Waals surface area contributed by atoms with Crippen LogP contribution in [0.3, 0.4) is 0 Å². The highest BCUT2D eigenvalue weighted by atomic mass is 16.4. The zero-order valence-electron chi connectivity index (χ0n) is 11.4. The number of benzene rings is 1. The topological polar surface area (TPSA) is 75.7 Å². The van der Waals surface area contributed by atoms with Crippen LogP contribution in [-0.2, 0) is 11.3 Å². The number of aromatic nitrogens is 1. The smallest absolute Gasteiger partial charge is 0.408 e. The molecule has 0 fully saturated rings. The first-order valence-corrected chi connectivity index (χ1v) is 6.64. The molecule has 0 atom stereocenters. The first kappa shape index (κ1) is 14.3. The van der Waals surface area contributed by atoms with Crippen molar-refractivity contribution in [3.05, 3.63) is 34.8 Å². The summed E-state index contributed by atoms with van der Waals surface area (Å²) in [6.07, 6.45) is 0.528. The lowest BCUT2D eigenvalue weighted by molar-refractivity contribution is -0.131. The molecule has 0 radical (unpaired) electrons. The van der Waals surface area contributed by atoms with Crippen molar-refractivity contribution in [1.29, 1.82) is 0 Å². The van der Waals surface area contributed by atoms with Gasteiger partial charge in [0.2, 0.25) is 5.91 Å². The fraction of sp³-hybridized carbons (Fsp3) is 0.429. The quantitative estimate of drug-likeness (QED) is 0.849. The predicted molar refractivity (Wildman–Crippen MR) is 74.4 cm³/mol. The van der Waals surface area contributed by atoms with E-state index >= 15 is 0 Å². The molecule has 1 amide bonds. The average Bonchev–Trinajstić information content (AvgIpc) is 2.76. The van der Waals surface area contributed by atoms with Crippen molar-refractivity contribution in [2.24, 2.45) is 0 Å². The molecule has 0 aliphatic heterocycles. The maximum Gasteiger partial charge on any atom is 0.420 e. The van der Waals surface area contributed by atoms with Gasteiger partial charge in [0.05, 0.1) is 5.52 Å². The number of para-hydroxylation sites is 2. The maximum absolute atomic E-state index is 12.2. The Kier molecular flexibility index (Phi) is 4.57. The largest absolute Gasteiger partial charge is 0.420 e. The molecule has 6 heteroatoms. The zero-order valence-corrected chi connectivity index (χ0v) is 11.4. The maximum atomic E-state index is 12.2. The molecule has 0 aliphatic rings. The molecule has 20 heavy (non-hydrogen) atoms. The second-order valence-corrected chi connectivity index (χ2v) is 4.47. The molecular weight excluding hydrogens is 260 g/mol. The summed E-state index contributed by atoms with van der Waals surface area (Å²) in [5, 5.41) is 8.83. The molecule has 2 aromatic rings. The van der Waals surface area contributed by atoms with Crippen LogP contribution in [0.15, 0.2) is 33.5 Å². The Hall–Kier alpha value is -2.08. The molecule has 1 aromatic heterocycles. The Morgan fingerprint density at radius 1 is 1.40 bits per heavy atom. The highest BCUT2D eigenvalue weighted by Crippen LogP contribution is 2.11. The van der Waals surface area contributed by atoms with E-state index in [1.165, 1.54) is 4.57 Å². The van der Waals surface area contributed by atoms with Crippen molar-refractivity contribution >= 4 is 17.0 Å². The molecule has 0 unspecified atom stereocenters. The van der Waals surface area contributed by atoms with Crippen LogP contribution in [0, 0.1) is 0 Å². The number of hydrogen-bond acceptors (Lipinski definition) is 4. The van der Waals surface area contributed by atoms with E-state index in [9.17, 15) is 9.59 Å². The molecule has 108 valence electrons. The van der Waals surface area contributed by atoms with E-state index in [-0.39, 0.29) is 19.1 Å². The second kappa shape index (κ2) is 6.38. The van der Waals surface area contributed by atoms with E-state index in [4.69, 9.17) is 9.52 Å². The van der Waals surface area contributed by atoms with Crippen molar-refractivity contribution in [2.45, 2.75) is 19.9 Å². The Balaban J connectivity index is 2.21. The predicted octanol–water partition coefficient (Wildman–Crippen LogP) is 0.825. The van der Waals surface area contributed by atoms with Gasteiger partial charge in [-0.15, -0.1) is 0 Å². The van der Waals surface area contributed by atoms with Gasteiger partial charge in [-0.1, -0.05) is 12.1 Å². The van der Waals surface area contributed by atoms with Crippen LogP contribution in [0.4, 0.5) is 0 Å². The molecule has 0 aliphatic carbocycles. The van der Waals surface area contributed by atoms with Crippen molar-refractivity contribution in [3.63, 3.8) is 0 Å². The third-order valence-corrected chi connectivity index (χ3v) is 3.19. The second-order valence-electron chi connectivity index (χ2n) is 4.47. The van der Waals surface area contributed by atoms with Gasteiger partial charge in [0.25, 0.3) is 0 Å². The van der Waals surface area contributed by atoms with E-state index in [0.717, 1.165) is 0 Å². The Morgan fingerprint density at radius 3 is 2.85 bits per heavy atom. The number of aliphatic hydroxyl groups is 1. The number of oxazole rings is 1. The number of nitrogens with zero attached hydrogens (tertiary/aromatic N) is 2. The third kappa shape index (κ3) is 2.91. The van der Waals surface area contributed by atoms with Gasteiger partial charge in [-0.2, -0.15) is 0 Å². The van der Waals surface area contributed by atoms with Gasteiger partial charge < -0.3 is 14.4 Å². The van der Waals surface area contributed by atoms with E-state index in [0.29, 0.717) is 30.6 Å². The minimum Gasteiger partial charge on any atom is -0.408 e. The van der Waals surface area contributed by atoms with Crippen LogP contribution in [0.2, 0.25) is 0 Å². The summed E-state index contributed by atoms with van der Waals surface area (Å²) in [6, 6.07) is 7.01. The molecule has 2 rings (SSSR count). The van der Waals surface area contributed by atoms with Gasteiger partial charge in [0.1, 0.15) is 6.54 Å². The van der Waals surface area contributed by atoms with Crippen LogP contribution >= 0.6 is 0 Å². The molecule has 0 bridgehead atoms. The first-order valence-electron chi connectivity index (χ1n) is 6.64. The summed E-state index contributed by atoms with van der Waals surface area (Å²) >= 11 is 0. The molecule has 1 aromatic carbocycles. The minimum atomic E-state index is -0.530. The lowest BCUT2D eigenvalue weighted by Crippen LogP contribution is -2.36. The monoisotopic (exact) mass is 278 g/mol. The molecule has 1 N–H and O–H groups in total. The SMILES string of the molecule is CCN(CCCO)C(=O)Cn1c(=O)oc2ccccc21. The number of amides is 1. The molecule has 1 heterocycles. The highest BCUT2D eigenvalue weighted by molar-refractivity contribution is 5.79. The number of carbonyl (C=O) groups is 1. The molecular formula is C14H18N2O4. The summed E-state index contributed by atoms with van der Waals surface area (Å²) in [4.78, 5) is 25.6. The van der Waals surface area contributed by atoms with E-state index in [1.807, 2.05) is 6.92 Å². The Morgan fingerprint density at radius 2 is 2.15 bits per heavy atom. The van der Waals surface area contributed by atoms with Crippen molar-refractivity contribution in [1.82, 2.24) is 9.47 Å². The zero-order chi connectivity index (χ0) is 14.5. The number of rotatable bonds is 6. The molecule has 0 saturated carbocycles. The van der Waals surface area contributed by atoms with Crippen LogP contribution < -0.4 is 5.76 Å². The number of likely N-dealkylation sites (N-methyl/N-ethyl adjacent to an activating group) is 1. The lowest BCUT2D eigenvalue weighted by atomic mass is 10.3. The number of hydrogen-bond donors (Lipinski definition) is 1. The number of fused-ring (bicyclic) bond motifs is 1. The number of aliphatic hydroxyl groups excluding tert-OH is 1. The Bertz CT molecular complexity index is 644. The van der Waals surface area contributed by atoms with Crippen LogP contribution in [-0.4, -0.2) is 40.2 Å². The van der Waals surface area contributed by atoms with Gasteiger partial charge in [0.15, 0.2) is 5.58 Å². The van der Waals surface area contributed by atoms with E-state index < -0.39 is 5.76 Å². The normalized spacial score (nSPS) is 10.9. The van der Waals surface area contributed by atoms with Crippen LogP contribution in [0.1, 0.15) is 13.3 Å². The molecule has 0 spiro atoms. The Labute approximate surface area is 116 Å². The fourth-order valence-electron chi connectivity index (χ4n) is 2.12.